The minimum Gasteiger partial charge on any atom is -0.353 e. The average molecular weight is 407 g/mol. The first-order valence-corrected chi connectivity index (χ1v) is 10.0. The van der Waals surface area contributed by atoms with Gasteiger partial charge in [-0.15, -0.1) is 0 Å². The van der Waals surface area contributed by atoms with Gasteiger partial charge in [0.05, 0.1) is 11.1 Å². The molecule has 1 amide bonds. The fourth-order valence-corrected chi connectivity index (χ4v) is 4.37. The molecule has 3 rings (SSSR count). The predicted molar refractivity (Wildman–Crippen MR) is 106 cm³/mol. The molecule has 1 saturated carbocycles. The summed E-state index contributed by atoms with van der Waals surface area (Å²) in [5.74, 6) is 0.398. The van der Waals surface area contributed by atoms with Crippen LogP contribution in [0.15, 0.2) is 24.5 Å². The molecule has 1 aromatic heterocycles. The number of alkyl halides is 3. The number of aromatic nitrogens is 2. The lowest BCUT2D eigenvalue weighted by Crippen LogP contribution is -2.41. The molecule has 1 N–H and O–H groups in total. The van der Waals surface area contributed by atoms with E-state index in [-0.39, 0.29) is 28.8 Å². The van der Waals surface area contributed by atoms with Gasteiger partial charge in [0, 0.05) is 24.9 Å². The lowest BCUT2D eigenvalue weighted by molar-refractivity contribution is -0.136. The topological polar surface area (TPSA) is 54.9 Å². The van der Waals surface area contributed by atoms with Gasteiger partial charge in [0.25, 0.3) is 0 Å². The van der Waals surface area contributed by atoms with Gasteiger partial charge in [-0.05, 0) is 48.1 Å². The van der Waals surface area contributed by atoms with Gasteiger partial charge in [-0.25, -0.2) is 0 Å². The van der Waals surface area contributed by atoms with E-state index in [1.807, 2.05) is 20.8 Å². The highest BCUT2D eigenvalue weighted by Gasteiger charge is 2.36. The molecule has 29 heavy (non-hydrogen) atoms. The summed E-state index contributed by atoms with van der Waals surface area (Å²) < 4.78 is 40.1. The van der Waals surface area contributed by atoms with Crippen LogP contribution in [0.2, 0.25) is 0 Å². The predicted octanol–water partition coefficient (Wildman–Crippen LogP) is 5.47. The maximum Gasteiger partial charge on any atom is 0.418 e. The highest BCUT2D eigenvalue weighted by atomic mass is 19.4. The molecule has 0 aliphatic heterocycles. The van der Waals surface area contributed by atoms with E-state index in [0.717, 1.165) is 24.5 Å². The van der Waals surface area contributed by atoms with Crippen LogP contribution in [0.25, 0.3) is 11.0 Å². The second kappa shape index (κ2) is 7.92. The first-order chi connectivity index (χ1) is 13.4. The van der Waals surface area contributed by atoms with Crippen molar-refractivity contribution >= 4 is 16.9 Å². The van der Waals surface area contributed by atoms with Crippen molar-refractivity contribution in [3.05, 3.63) is 35.7 Å². The van der Waals surface area contributed by atoms with Crippen LogP contribution in [0, 0.1) is 11.3 Å². The SMILES string of the molecule is CC1CC(NC(=O)CC(C)(C)C)CC(c2ccc(C(F)(F)F)c3nccnc23)C1. The Kier molecular flexibility index (Phi) is 5.88. The van der Waals surface area contributed by atoms with E-state index in [4.69, 9.17) is 0 Å². The maximum atomic E-state index is 13.4. The summed E-state index contributed by atoms with van der Waals surface area (Å²) >= 11 is 0. The third-order valence-corrected chi connectivity index (χ3v) is 5.40. The normalized spacial score (nSPS) is 23.2. The quantitative estimate of drug-likeness (QED) is 0.734. The van der Waals surface area contributed by atoms with E-state index in [9.17, 15) is 18.0 Å². The van der Waals surface area contributed by atoms with Gasteiger partial charge in [-0.2, -0.15) is 13.2 Å². The number of amides is 1. The van der Waals surface area contributed by atoms with Gasteiger partial charge in [0.2, 0.25) is 5.91 Å². The largest absolute Gasteiger partial charge is 0.418 e. The number of nitrogens with one attached hydrogen (secondary N) is 1. The molecule has 4 nitrogen and oxygen atoms in total. The Labute approximate surface area is 169 Å². The molecule has 1 aliphatic rings. The zero-order valence-corrected chi connectivity index (χ0v) is 17.3. The van der Waals surface area contributed by atoms with Crippen molar-refractivity contribution in [3.8, 4) is 0 Å². The summed E-state index contributed by atoms with van der Waals surface area (Å²) in [4.78, 5) is 20.6. The highest BCUT2D eigenvalue weighted by molar-refractivity contribution is 5.82. The van der Waals surface area contributed by atoms with Crippen LogP contribution in [0.5, 0.6) is 0 Å². The number of carbonyl (C=O) groups excluding carboxylic acids is 1. The fraction of sp³-hybridized carbons (Fsp3) is 0.591. The van der Waals surface area contributed by atoms with Gasteiger partial charge in [0.15, 0.2) is 0 Å². The zero-order valence-electron chi connectivity index (χ0n) is 17.3. The summed E-state index contributed by atoms with van der Waals surface area (Å²) in [7, 11) is 0. The fourth-order valence-electron chi connectivity index (χ4n) is 4.37. The molecule has 0 bridgehead atoms. The summed E-state index contributed by atoms with van der Waals surface area (Å²) in [5, 5.41) is 3.13. The number of hydrogen-bond acceptors (Lipinski definition) is 3. The van der Waals surface area contributed by atoms with Crippen LogP contribution in [0.1, 0.15) is 70.4 Å². The second-order valence-corrected chi connectivity index (χ2v) is 9.46. The Balaban J connectivity index is 1.88. The first kappa shape index (κ1) is 21.5. The molecule has 0 spiro atoms. The van der Waals surface area contributed by atoms with Crippen LogP contribution in [0.4, 0.5) is 13.2 Å². The van der Waals surface area contributed by atoms with E-state index < -0.39 is 11.7 Å². The Morgan fingerprint density at radius 2 is 1.72 bits per heavy atom. The van der Waals surface area contributed by atoms with Crippen LogP contribution < -0.4 is 5.32 Å². The summed E-state index contributed by atoms with van der Waals surface area (Å²) in [6.45, 7) is 8.18. The average Bonchev–Trinajstić information content (AvgIpc) is 2.57. The summed E-state index contributed by atoms with van der Waals surface area (Å²) in [6.07, 6.45) is 1.10. The number of rotatable bonds is 3. The number of carbonyl (C=O) groups is 1. The zero-order chi connectivity index (χ0) is 21.4. The number of halogens is 3. The minimum absolute atomic E-state index is 0.00705. The van der Waals surface area contributed by atoms with Crippen molar-refractivity contribution in [2.45, 2.75) is 71.5 Å². The molecule has 1 aromatic carbocycles. The summed E-state index contributed by atoms with van der Waals surface area (Å²) in [5.41, 5.74) is 0.124. The van der Waals surface area contributed by atoms with Crippen molar-refractivity contribution in [2.24, 2.45) is 11.3 Å². The molecule has 3 unspecified atom stereocenters. The highest BCUT2D eigenvalue weighted by Crippen LogP contribution is 2.41. The van der Waals surface area contributed by atoms with Gasteiger partial charge in [-0.1, -0.05) is 33.8 Å². The van der Waals surface area contributed by atoms with E-state index in [2.05, 4.69) is 22.2 Å². The van der Waals surface area contributed by atoms with E-state index in [1.165, 1.54) is 18.5 Å². The van der Waals surface area contributed by atoms with Gasteiger partial charge < -0.3 is 5.32 Å². The minimum atomic E-state index is -4.48. The molecule has 158 valence electrons. The Morgan fingerprint density at radius 1 is 1.07 bits per heavy atom. The summed E-state index contributed by atoms with van der Waals surface area (Å²) in [6, 6.07) is 2.66. The molecule has 2 aromatic rings. The third kappa shape index (κ3) is 5.25. The van der Waals surface area contributed by atoms with Crippen LogP contribution in [0.3, 0.4) is 0 Å². The lowest BCUT2D eigenvalue weighted by atomic mass is 9.75. The first-order valence-electron chi connectivity index (χ1n) is 10.0. The lowest BCUT2D eigenvalue weighted by Gasteiger charge is -2.35. The van der Waals surface area contributed by atoms with E-state index in [0.29, 0.717) is 24.3 Å². The molecular weight excluding hydrogens is 379 g/mol. The van der Waals surface area contributed by atoms with Crippen molar-refractivity contribution in [3.63, 3.8) is 0 Å². The monoisotopic (exact) mass is 407 g/mol. The van der Waals surface area contributed by atoms with Gasteiger partial charge in [0.1, 0.15) is 5.52 Å². The van der Waals surface area contributed by atoms with Crippen molar-refractivity contribution in [1.82, 2.24) is 15.3 Å². The van der Waals surface area contributed by atoms with Crippen molar-refractivity contribution < 1.29 is 18.0 Å². The van der Waals surface area contributed by atoms with E-state index >= 15 is 0 Å². The molecule has 7 heteroatoms. The van der Waals surface area contributed by atoms with Crippen LogP contribution in [-0.4, -0.2) is 21.9 Å². The molecule has 0 saturated heterocycles. The number of nitrogens with zero attached hydrogens (tertiary/aromatic N) is 2. The standard InChI is InChI=1S/C22H28F3N3O/c1-13-9-14(11-15(10-13)28-18(29)12-21(2,3)4)16-5-6-17(22(23,24)25)20-19(16)26-7-8-27-20/h5-8,13-15H,9-12H2,1-4H3,(H,28,29). The number of benzene rings is 1. The molecule has 1 aliphatic carbocycles. The maximum absolute atomic E-state index is 13.4. The van der Waals surface area contributed by atoms with Crippen LogP contribution >= 0.6 is 0 Å². The second-order valence-electron chi connectivity index (χ2n) is 9.46. The molecule has 1 heterocycles. The van der Waals surface area contributed by atoms with Crippen LogP contribution in [-0.2, 0) is 11.0 Å². The molecule has 3 atom stereocenters. The third-order valence-electron chi connectivity index (χ3n) is 5.40. The van der Waals surface area contributed by atoms with Gasteiger partial charge >= 0.3 is 6.18 Å². The Morgan fingerprint density at radius 3 is 2.34 bits per heavy atom. The Hall–Kier alpha value is -2.18. The molecular formula is C22H28F3N3O. The van der Waals surface area contributed by atoms with Crippen molar-refractivity contribution in [1.29, 1.82) is 0 Å². The molecule has 0 radical (unpaired) electrons. The number of fused-ring (bicyclic) bond motifs is 1. The van der Waals surface area contributed by atoms with E-state index in [1.54, 1.807) is 0 Å². The molecule has 1 fully saturated rings. The smallest absolute Gasteiger partial charge is 0.353 e. The van der Waals surface area contributed by atoms with Crippen molar-refractivity contribution in [2.75, 3.05) is 0 Å². The Bertz CT molecular complexity index is 889. The van der Waals surface area contributed by atoms with Gasteiger partial charge in [-0.3, -0.25) is 14.8 Å². The number of hydrogen-bond donors (Lipinski definition) is 1.